The van der Waals surface area contributed by atoms with Gasteiger partial charge in [-0.1, -0.05) is 54.6 Å². The number of aromatic nitrogens is 2. The first-order valence-electron chi connectivity index (χ1n) is 11.9. The van der Waals surface area contributed by atoms with Crippen LogP contribution >= 0.6 is 11.6 Å². The van der Waals surface area contributed by atoms with Gasteiger partial charge in [-0.05, 0) is 55.2 Å². The number of para-hydroxylation sites is 2. The summed E-state index contributed by atoms with van der Waals surface area (Å²) in [5, 5.41) is 13.9. The summed E-state index contributed by atoms with van der Waals surface area (Å²) < 4.78 is 2.16. The van der Waals surface area contributed by atoms with Crippen LogP contribution in [-0.4, -0.2) is 33.7 Å². The van der Waals surface area contributed by atoms with Crippen LogP contribution in [0.3, 0.4) is 0 Å². The molecule has 1 unspecified atom stereocenters. The summed E-state index contributed by atoms with van der Waals surface area (Å²) in [5.41, 5.74) is 4.76. The Labute approximate surface area is 210 Å². The summed E-state index contributed by atoms with van der Waals surface area (Å²) in [6.07, 6.45) is 1.43. The normalized spacial score (nSPS) is 11.8. The third-order valence-corrected chi connectivity index (χ3v) is 6.28. The fourth-order valence-corrected chi connectivity index (χ4v) is 4.33. The number of carbonyl (C=O) groups excluding carboxylic acids is 1. The van der Waals surface area contributed by atoms with Gasteiger partial charge in [-0.2, -0.15) is 0 Å². The van der Waals surface area contributed by atoms with E-state index in [4.69, 9.17) is 22.0 Å². The third kappa shape index (κ3) is 5.89. The van der Waals surface area contributed by atoms with Gasteiger partial charge in [0.15, 0.2) is 0 Å². The van der Waals surface area contributed by atoms with Crippen molar-refractivity contribution in [1.82, 2.24) is 20.2 Å². The highest BCUT2D eigenvalue weighted by atomic mass is 35.5. The molecule has 1 heterocycles. The molecule has 0 bridgehead atoms. The molecule has 1 amide bonds. The fraction of sp³-hybridized carbons (Fsp3) is 0.250. The summed E-state index contributed by atoms with van der Waals surface area (Å²) in [6, 6.07) is 25.5. The maximum Gasteiger partial charge on any atom is 0.251 e. The van der Waals surface area contributed by atoms with Gasteiger partial charge in [0.2, 0.25) is 0 Å². The standard InChI is InChI=1S/C28H30ClN5O/c1-2-34-25-13-7-6-11-23(25)32-27(34)24(12-8-18-31-26(30)19-29)33-28(35)22-16-14-21(15-17-22)20-9-4-3-5-10-20/h3-7,9-11,13-17,24H,2,8,12,18-19H2,1H3,(H2,30,31)(H,33,35). The monoisotopic (exact) mass is 487 g/mol. The van der Waals surface area contributed by atoms with Gasteiger partial charge < -0.3 is 15.2 Å². The molecule has 0 aliphatic carbocycles. The quantitative estimate of drug-likeness (QED) is 0.115. The van der Waals surface area contributed by atoms with Gasteiger partial charge in [-0.25, -0.2) is 4.98 Å². The van der Waals surface area contributed by atoms with Crippen LogP contribution in [0.1, 0.15) is 42.0 Å². The number of alkyl halides is 1. The van der Waals surface area contributed by atoms with Crippen LogP contribution in [0.5, 0.6) is 0 Å². The summed E-state index contributed by atoms with van der Waals surface area (Å²) in [6.45, 7) is 3.45. The molecular formula is C28H30ClN5O. The maximum absolute atomic E-state index is 13.3. The highest BCUT2D eigenvalue weighted by Gasteiger charge is 2.22. The van der Waals surface area contributed by atoms with Crippen LogP contribution in [0, 0.1) is 5.41 Å². The van der Waals surface area contributed by atoms with Crippen molar-refractivity contribution in [1.29, 1.82) is 5.41 Å². The van der Waals surface area contributed by atoms with Crippen LogP contribution in [0.2, 0.25) is 0 Å². The zero-order valence-corrected chi connectivity index (χ0v) is 20.6. The number of halogens is 1. The second kappa shape index (κ2) is 11.7. The minimum absolute atomic E-state index is 0.134. The van der Waals surface area contributed by atoms with E-state index < -0.39 is 0 Å². The highest BCUT2D eigenvalue weighted by Crippen LogP contribution is 2.25. The van der Waals surface area contributed by atoms with Crippen molar-refractivity contribution in [2.75, 3.05) is 12.4 Å². The van der Waals surface area contributed by atoms with Gasteiger partial charge >= 0.3 is 0 Å². The van der Waals surface area contributed by atoms with Crippen molar-refractivity contribution in [3.8, 4) is 11.1 Å². The Morgan fingerprint density at radius 1 is 1.00 bits per heavy atom. The molecule has 0 aliphatic heterocycles. The Kier molecular flexibility index (Phi) is 8.16. The number of nitrogens with one attached hydrogen (secondary N) is 3. The fourth-order valence-electron chi connectivity index (χ4n) is 4.24. The molecule has 3 N–H and O–H groups in total. The molecule has 0 saturated heterocycles. The van der Waals surface area contributed by atoms with E-state index in [1.165, 1.54) is 0 Å². The molecule has 4 aromatic rings. The average molecular weight is 488 g/mol. The molecule has 7 heteroatoms. The Hall–Kier alpha value is -3.64. The van der Waals surface area contributed by atoms with E-state index in [2.05, 4.69) is 40.3 Å². The molecule has 4 rings (SSSR count). The number of carbonyl (C=O) groups is 1. The zero-order valence-electron chi connectivity index (χ0n) is 19.8. The summed E-state index contributed by atoms with van der Waals surface area (Å²) in [4.78, 5) is 18.1. The molecule has 0 radical (unpaired) electrons. The first kappa shape index (κ1) is 24.5. The molecule has 6 nitrogen and oxygen atoms in total. The number of fused-ring (bicyclic) bond motifs is 1. The summed E-state index contributed by atoms with van der Waals surface area (Å²) in [7, 11) is 0. The second-order valence-corrected chi connectivity index (χ2v) is 8.62. The molecule has 0 aliphatic rings. The molecule has 0 fully saturated rings. The predicted molar refractivity (Wildman–Crippen MR) is 143 cm³/mol. The molecule has 1 aromatic heterocycles. The van der Waals surface area contributed by atoms with Crippen molar-refractivity contribution in [3.63, 3.8) is 0 Å². The van der Waals surface area contributed by atoms with Crippen molar-refractivity contribution in [2.45, 2.75) is 32.4 Å². The summed E-state index contributed by atoms with van der Waals surface area (Å²) in [5.74, 6) is 1.16. The topological polar surface area (TPSA) is 82.8 Å². The highest BCUT2D eigenvalue weighted by molar-refractivity contribution is 6.27. The lowest BCUT2D eigenvalue weighted by atomic mass is 10.0. The molecule has 0 saturated carbocycles. The van der Waals surface area contributed by atoms with Gasteiger partial charge in [0.25, 0.3) is 5.91 Å². The largest absolute Gasteiger partial charge is 0.373 e. The smallest absolute Gasteiger partial charge is 0.251 e. The Morgan fingerprint density at radius 2 is 1.69 bits per heavy atom. The SMILES string of the molecule is CCn1c(C(CCCNC(=N)CCl)NC(=O)c2ccc(-c3ccccc3)cc2)nc2ccccc21. The number of amides is 1. The van der Waals surface area contributed by atoms with Gasteiger partial charge in [-0.15, -0.1) is 11.6 Å². The summed E-state index contributed by atoms with van der Waals surface area (Å²) >= 11 is 5.70. The number of benzene rings is 3. The van der Waals surface area contributed by atoms with E-state index in [1.807, 2.05) is 60.7 Å². The van der Waals surface area contributed by atoms with Crippen LogP contribution < -0.4 is 10.6 Å². The minimum atomic E-state index is -0.268. The number of imidazole rings is 1. The number of nitrogens with zero attached hydrogens (tertiary/aromatic N) is 2. The van der Waals surface area contributed by atoms with Gasteiger partial charge in [-0.3, -0.25) is 10.2 Å². The molecule has 1 atom stereocenters. The lowest BCUT2D eigenvalue weighted by Crippen LogP contribution is -2.32. The van der Waals surface area contributed by atoms with Crippen LogP contribution in [0.25, 0.3) is 22.2 Å². The predicted octanol–water partition coefficient (Wildman–Crippen LogP) is 5.78. The van der Waals surface area contributed by atoms with Crippen LogP contribution in [-0.2, 0) is 6.54 Å². The first-order chi connectivity index (χ1) is 17.1. The lowest BCUT2D eigenvalue weighted by molar-refractivity contribution is 0.0931. The average Bonchev–Trinajstić information content (AvgIpc) is 3.29. The Balaban J connectivity index is 1.55. The second-order valence-electron chi connectivity index (χ2n) is 8.35. The first-order valence-corrected chi connectivity index (χ1v) is 12.4. The number of aryl methyl sites for hydroxylation is 1. The molecular weight excluding hydrogens is 458 g/mol. The van der Waals surface area contributed by atoms with E-state index in [0.717, 1.165) is 41.0 Å². The lowest BCUT2D eigenvalue weighted by Gasteiger charge is -2.20. The van der Waals surface area contributed by atoms with E-state index in [-0.39, 0.29) is 17.8 Å². The number of amidine groups is 1. The van der Waals surface area contributed by atoms with Crippen molar-refractivity contribution < 1.29 is 4.79 Å². The van der Waals surface area contributed by atoms with E-state index in [1.54, 1.807) is 0 Å². The minimum Gasteiger partial charge on any atom is -0.373 e. The van der Waals surface area contributed by atoms with Gasteiger partial charge in [0.1, 0.15) is 11.7 Å². The van der Waals surface area contributed by atoms with Gasteiger partial charge in [0.05, 0.1) is 23.0 Å². The Bertz CT molecular complexity index is 1280. The maximum atomic E-state index is 13.3. The molecule has 3 aromatic carbocycles. The number of hydrogen-bond donors (Lipinski definition) is 3. The Morgan fingerprint density at radius 3 is 2.40 bits per heavy atom. The third-order valence-electron chi connectivity index (χ3n) is 6.01. The van der Waals surface area contributed by atoms with Gasteiger partial charge in [0, 0.05) is 18.7 Å². The van der Waals surface area contributed by atoms with E-state index >= 15 is 0 Å². The van der Waals surface area contributed by atoms with E-state index in [9.17, 15) is 4.79 Å². The molecule has 35 heavy (non-hydrogen) atoms. The van der Waals surface area contributed by atoms with Crippen LogP contribution in [0.15, 0.2) is 78.9 Å². The van der Waals surface area contributed by atoms with Crippen molar-refractivity contribution in [3.05, 3.63) is 90.3 Å². The van der Waals surface area contributed by atoms with E-state index in [0.29, 0.717) is 24.4 Å². The molecule has 180 valence electrons. The van der Waals surface area contributed by atoms with Crippen molar-refractivity contribution in [2.24, 2.45) is 0 Å². The van der Waals surface area contributed by atoms with Crippen LogP contribution in [0.4, 0.5) is 0 Å². The zero-order chi connectivity index (χ0) is 24.6. The number of rotatable bonds is 10. The molecule has 0 spiro atoms. The van der Waals surface area contributed by atoms with Crippen molar-refractivity contribution >= 4 is 34.4 Å². The number of hydrogen-bond acceptors (Lipinski definition) is 3.